The lowest BCUT2D eigenvalue weighted by Crippen LogP contribution is -2.19. The quantitative estimate of drug-likeness (QED) is 0.373. The molecule has 0 saturated carbocycles. The summed E-state index contributed by atoms with van der Waals surface area (Å²) >= 11 is 5.94. The van der Waals surface area contributed by atoms with Crippen LogP contribution in [0.5, 0.6) is 5.75 Å². The van der Waals surface area contributed by atoms with Gasteiger partial charge in [0.1, 0.15) is 5.75 Å². The molecule has 0 fully saturated rings. The Bertz CT molecular complexity index is 1040. The van der Waals surface area contributed by atoms with E-state index < -0.39 is 0 Å². The van der Waals surface area contributed by atoms with Gasteiger partial charge >= 0.3 is 6.03 Å². The number of nitrogens with one attached hydrogen (secondary N) is 3. The highest BCUT2D eigenvalue weighted by Gasteiger charge is 2.07. The topological polar surface area (TPSA) is 79.5 Å². The van der Waals surface area contributed by atoms with Gasteiger partial charge in [-0.05, 0) is 67.4 Å². The number of para-hydroxylation sites is 1. The smallest absolute Gasteiger partial charge is 0.323 e. The van der Waals surface area contributed by atoms with Crippen LogP contribution in [0.3, 0.4) is 0 Å². The Morgan fingerprint density at radius 1 is 0.839 bits per heavy atom. The lowest BCUT2D eigenvalue weighted by molar-refractivity contribution is -0.116. The van der Waals surface area contributed by atoms with Gasteiger partial charge in [0.05, 0.1) is 6.61 Å². The van der Waals surface area contributed by atoms with Crippen molar-refractivity contribution in [1.29, 1.82) is 0 Å². The van der Waals surface area contributed by atoms with Crippen molar-refractivity contribution in [1.82, 2.24) is 0 Å². The molecule has 3 aromatic rings. The predicted octanol–water partition coefficient (Wildman–Crippen LogP) is 6.09. The van der Waals surface area contributed by atoms with Gasteiger partial charge in [-0.2, -0.15) is 0 Å². The summed E-state index contributed by atoms with van der Waals surface area (Å²) < 4.78 is 5.71. The first-order valence-electron chi connectivity index (χ1n) is 9.91. The summed E-state index contributed by atoms with van der Waals surface area (Å²) in [6.07, 6.45) is 0.893. The molecule has 0 heterocycles. The fourth-order valence-electron chi connectivity index (χ4n) is 2.90. The number of halogens is 1. The van der Waals surface area contributed by atoms with E-state index >= 15 is 0 Å². The molecule has 0 bridgehead atoms. The summed E-state index contributed by atoms with van der Waals surface area (Å²) in [5.74, 6) is 0.639. The number of ether oxygens (including phenoxy) is 1. The number of carbonyl (C=O) groups excluding carboxylic acids is 2. The first-order chi connectivity index (χ1) is 15.0. The number of carbonyl (C=O) groups is 2. The molecule has 3 N–H and O–H groups in total. The number of amides is 3. The van der Waals surface area contributed by atoms with E-state index in [2.05, 4.69) is 16.0 Å². The molecule has 0 aliphatic rings. The first kappa shape index (κ1) is 22.2. The van der Waals surface area contributed by atoms with Gasteiger partial charge < -0.3 is 20.7 Å². The summed E-state index contributed by atoms with van der Waals surface area (Å²) in [7, 11) is 0. The summed E-state index contributed by atoms with van der Waals surface area (Å²) in [6.45, 7) is 2.35. The Labute approximate surface area is 186 Å². The van der Waals surface area contributed by atoms with E-state index in [0.29, 0.717) is 41.5 Å². The third-order valence-electron chi connectivity index (χ3n) is 4.38. The molecule has 7 heteroatoms. The zero-order valence-corrected chi connectivity index (χ0v) is 17.9. The monoisotopic (exact) mass is 437 g/mol. The van der Waals surface area contributed by atoms with E-state index in [1.165, 1.54) is 0 Å². The largest absolute Gasteiger partial charge is 0.493 e. The maximum atomic E-state index is 12.2. The van der Waals surface area contributed by atoms with Crippen molar-refractivity contribution in [2.45, 2.75) is 19.8 Å². The molecule has 3 amide bonds. The molecule has 3 rings (SSSR count). The van der Waals surface area contributed by atoms with Gasteiger partial charge in [-0.15, -0.1) is 0 Å². The molecule has 0 radical (unpaired) electrons. The van der Waals surface area contributed by atoms with Crippen LogP contribution in [0.4, 0.5) is 21.9 Å². The van der Waals surface area contributed by atoms with Crippen LogP contribution in [-0.4, -0.2) is 18.5 Å². The minimum Gasteiger partial charge on any atom is -0.493 e. The van der Waals surface area contributed by atoms with Crippen molar-refractivity contribution in [3.63, 3.8) is 0 Å². The van der Waals surface area contributed by atoms with Gasteiger partial charge in [0, 0.05) is 28.5 Å². The second-order valence-corrected chi connectivity index (χ2v) is 7.37. The molecular weight excluding hydrogens is 414 g/mol. The van der Waals surface area contributed by atoms with E-state index in [-0.39, 0.29) is 11.9 Å². The number of hydrogen-bond donors (Lipinski definition) is 3. The summed E-state index contributed by atoms with van der Waals surface area (Å²) in [5.41, 5.74) is 2.84. The van der Waals surface area contributed by atoms with Crippen LogP contribution in [0.2, 0.25) is 5.02 Å². The second kappa shape index (κ2) is 11.0. The summed E-state index contributed by atoms with van der Waals surface area (Å²) in [4.78, 5) is 24.3. The molecule has 3 aromatic carbocycles. The van der Waals surface area contributed by atoms with Crippen molar-refractivity contribution in [3.05, 3.63) is 83.4 Å². The van der Waals surface area contributed by atoms with E-state index in [0.717, 1.165) is 11.3 Å². The number of aryl methyl sites for hydroxylation is 1. The molecule has 0 aliphatic heterocycles. The van der Waals surface area contributed by atoms with Crippen LogP contribution in [0, 0.1) is 6.92 Å². The molecule has 0 unspecified atom stereocenters. The average Bonchev–Trinajstić information content (AvgIpc) is 2.73. The van der Waals surface area contributed by atoms with Crippen molar-refractivity contribution >= 4 is 40.6 Å². The number of urea groups is 1. The van der Waals surface area contributed by atoms with Crippen LogP contribution in [-0.2, 0) is 4.79 Å². The van der Waals surface area contributed by atoms with Gasteiger partial charge in [-0.25, -0.2) is 4.79 Å². The first-order valence-corrected chi connectivity index (χ1v) is 10.3. The van der Waals surface area contributed by atoms with Crippen LogP contribution in [0.15, 0.2) is 72.8 Å². The van der Waals surface area contributed by atoms with E-state index in [1.807, 2.05) is 37.3 Å². The Balaban J connectivity index is 1.43. The number of rotatable bonds is 8. The van der Waals surface area contributed by atoms with Crippen LogP contribution < -0.4 is 20.7 Å². The van der Waals surface area contributed by atoms with Gasteiger partial charge in [0.25, 0.3) is 0 Å². The van der Waals surface area contributed by atoms with Crippen molar-refractivity contribution < 1.29 is 14.3 Å². The lowest BCUT2D eigenvalue weighted by Gasteiger charge is -2.11. The van der Waals surface area contributed by atoms with E-state index in [1.54, 1.807) is 42.5 Å². The van der Waals surface area contributed by atoms with Gasteiger partial charge in [0.15, 0.2) is 0 Å². The van der Waals surface area contributed by atoms with Gasteiger partial charge in [-0.1, -0.05) is 35.9 Å². The van der Waals surface area contributed by atoms with Crippen molar-refractivity contribution in [3.8, 4) is 5.75 Å². The lowest BCUT2D eigenvalue weighted by atomic mass is 10.2. The van der Waals surface area contributed by atoms with Crippen molar-refractivity contribution in [2.24, 2.45) is 0 Å². The van der Waals surface area contributed by atoms with Crippen LogP contribution in [0.25, 0.3) is 0 Å². The second-order valence-electron chi connectivity index (χ2n) is 6.94. The minimum absolute atomic E-state index is 0.123. The zero-order valence-electron chi connectivity index (χ0n) is 17.2. The predicted molar refractivity (Wildman–Crippen MR) is 125 cm³/mol. The Morgan fingerprint density at radius 2 is 1.52 bits per heavy atom. The molecule has 0 spiro atoms. The third-order valence-corrected chi connectivity index (χ3v) is 4.61. The van der Waals surface area contributed by atoms with Gasteiger partial charge in [0.2, 0.25) is 5.91 Å². The van der Waals surface area contributed by atoms with Gasteiger partial charge in [-0.3, -0.25) is 4.79 Å². The molecule has 0 aliphatic carbocycles. The van der Waals surface area contributed by atoms with Crippen LogP contribution >= 0.6 is 11.6 Å². The molecular formula is C24H24ClN3O3. The molecule has 0 atom stereocenters. The highest BCUT2D eigenvalue weighted by molar-refractivity contribution is 6.30. The molecule has 31 heavy (non-hydrogen) atoms. The maximum Gasteiger partial charge on any atom is 0.323 e. The summed E-state index contributed by atoms with van der Waals surface area (Å²) in [6, 6.07) is 21.2. The fraction of sp³-hybridized carbons (Fsp3) is 0.167. The maximum absolute atomic E-state index is 12.2. The Morgan fingerprint density at radius 3 is 2.26 bits per heavy atom. The van der Waals surface area contributed by atoms with Crippen LogP contribution in [0.1, 0.15) is 18.4 Å². The number of benzene rings is 3. The Kier molecular flexibility index (Phi) is 7.90. The van der Waals surface area contributed by atoms with E-state index in [4.69, 9.17) is 16.3 Å². The van der Waals surface area contributed by atoms with E-state index in [9.17, 15) is 9.59 Å². The fourth-order valence-corrected chi connectivity index (χ4v) is 3.13. The minimum atomic E-state index is -0.357. The highest BCUT2D eigenvalue weighted by atomic mass is 35.5. The average molecular weight is 438 g/mol. The highest BCUT2D eigenvalue weighted by Crippen LogP contribution is 2.22. The third kappa shape index (κ3) is 7.35. The SMILES string of the molecule is Cc1cc(Cl)ccc1OCCCC(=O)Nc1cccc(NC(=O)Nc2ccccc2)c1. The molecule has 0 aromatic heterocycles. The normalized spacial score (nSPS) is 10.3. The summed E-state index contributed by atoms with van der Waals surface area (Å²) in [5, 5.41) is 9.00. The number of hydrogen-bond acceptors (Lipinski definition) is 3. The standard InChI is InChI=1S/C24H24ClN3O3/c1-17-15-18(25)12-13-22(17)31-14-6-11-23(29)26-20-9-5-10-21(16-20)28-24(30)27-19-7-3-2-4-8-19/h2-5,7-10,12-13,15-16H,6,11,14H2,1H3,(H,26,29)(H2,27,28,30). The zero-order chi connectivity index (χ0) is 22.1. The Hall–Kier alpha value is -3.51. The molecule has 0 saturated heterocycles. The van der Waals surface area contributed by atoms with Crippen molar-refractivity contribution in [2.75, 3.05) is 22.6 Å². The number of anilines is 3. The molecule has 6 nitrogen and oxygen atoms in total. The molecule has 160 valence electrons.